The molecule has 0 amide bonds. The van der Waals surface area contributed by atoms with Crippen LogP contribution >= 0.6 is 0 Å². The van der Waals surface area contributed by atoms with Crippen molar-refractivity contribution in [3.8, 4) is 5.75 Å². The Morgan fingerprint density at radius 1 is 1.06 bits per heavy atom. The second-order valence-corrected chi connectivity index (χ2v) is 4.49. The number of aryl methyl sites for hydroxylation is 2. The van der Waals surface area contributed by atoms with E-state index in [1.165, 1.54) is 11.1 Å². The summed E-state index contributed by atoms with van der Waals surface area (Å²) in [6.07, 6.45) is 0.948. The van der Waals surface area contributed by atoms with Crippen molar-refractivity contribution in [2.45, 2.75) is 26.9 Å². The second kappa shape index (κ2) is 5.58. The molecule has 0 atom stereocenters. The Balaban J connectivity index is 2.02. The van der Waals surface area contributed by atoms with Gasteiger partial charge in [0.25, 0.3) is 0 Å². The van der Waals surface area contributed by atoms with E-state index in [0.29, 0.717) is 6.61 Å². The van der Waals surface area contributed by atoms with Gasteiger partial charge < -0.3 is 10.5 Å². The van der Waals surface area contributed by atoms with Crippen molar-refractivity contribution in [2.75, 3.05) is 5.73 Å². The maximum atomic E-state index is 5.94. The maximum Gasteiger partial charge on any atom is 0.121 e. The lowest BCUT2D eigenvalue weighted by atomic mass is 10.1. The Kier molecular flexibility index (Phi) is 3.88. The van der Waals surface area contributed by atoms with E-state index in [9.17, 15) is 0 Å². The molecule has 0 aliphatic heterocycles. The molecule has 2 aromatic carbocycles. The summed E-state index contributed by atoms with van der Waals surface area (Å²) in [5.41, 5.74) is 10.3. The molecular weight excluding hydrogens is 222 g/mol. The predicted molar refractivity (Wildman–Crippen MR) is 75.7 cm³/mol. The van der Waals surface area contributed by atoms with Gasteiger partial charge in [0.1, 0.15) is 12.4 Å². The highest BCUT2D eigenvalue weighted by molar-refractivity contribution is 5.51. The van der Waals surface area contributed by atoms with E-state index in [1.54, 1.807) is 0 Å². The smallest absolute Gasteiger partial charge is 0.121 e. The minimum Gasteiger partial charge on any atom is -0.489 e. The molecule has 0 aliphatic carbocycles. The number of ether oxygens (including phenoxy) is 1. The highest BCUT2D eigenvalue weighted by Crippen LogP contribution is 2.21. The number of rotatable bonds is 4. The van der Waals surface area contributed by atoms with Crippen molar-refractivity contribution in [2.24, 2.45) is 0 Å². The molecule has 0 aliphatic rings. The monoisotopic (exact) mass is 241 g/mol. The fourth-order valence-electron chi connectivity index (χ4n) is 1.84. The third kappa shape index (κ3) is 3.04. The molecule has 2 rings (SSSR count). The zero-order valence-corrected chi connectivity index (χ0v) is 10.9. The molecule has 0 heterocycles. The van der Waals surface area contributed by atoms with Gasteiger partial charge in [-0.05, 0) is 30.5 Å². The molecule has 2 N–H and O–H groups in total. The molecule has 0 saturated heterocycles. The van der Waals surface area contributed by atoms with Gasteiger partial charge >= 0.3 is 0 Å². The van der Waals surface area contributed by atoms with Gasteiger partial charge in [0.15, 0.2) is 0 Å². The predicted octanol–water partition coefficient (Wildman–Crippen LogP) is 3.72. The van der Waals surface area contributed by atoms with E-state index < -0.39 is 0 Å². The van der Waals surface area contributed by atoms with Crippen molar-refractivity contribution in [3.05, 3.63) is 59.2 Å². The van der Waals surface area contributed by atoms with Crippen LogP contribution < -0.4 is 10.5 Å². The van der Waals surface area contributed by atoms with Crippen LogP contribution in [0.15, 0.2) is 42.5 Å². The van der Waals surface area contributed by atoms with Gasteiger partial charge in [-0.3, -0.25) is 0 Å². The Labute approximate surface area is 108 Å². The van der Waals surface area contributed by atoms with Crippen LogP contribution in [-0.4, -0.2) is 0 Å². The zero-order valence-electron chi connectivity index (χ0n) is 10.9. The van der Waals surface area contributed by atoms with Crippen LogP contribution in [0.2, 0.25) is 0 Å². The number of anilines is 1. The summed E-state index contributed by atoms with van der Waals surface area (Å²) >= 11 is 0. The first-order chi connectivity index (χ1) is 8.69. The van der Waals surface area contributed by atoms with Gasteiger partial charge in [0.05, 0.1) is 0 Å². The first-order valence-electron chi connectivity index (χ1n) is 6.26. The van der Waals surface area contributed by atoms with E-state index in [-0.39, 0.29) is 0 Å². The van der Waals surface area contributed by atoms with Gasteiger partial charge in [-0.1, -0.05) is 42.8 Å². The summed E-state index contributed by atoms with van der Waals surface area (Å²) in [6, 6.07) is 14.2. The van der Waals surface area contributed by atoms with E-state index in [2.05, 4.69) is 38.1 Å². The average Bonchev–Trinajstić information content (AvgIpc) is 2.38. The molecule has 0 radical (unpaired) electrons. The van der Waals surface area contributed by atoms with Crippen LogP contribution in [0.25, 0.3) is 0 Å². The van der Waals surface area contributed by atoms with Crippen molar-refractivity contribution in [3.63, 3.8) is 0 Å². The standard InChI is InChI=1S/C16H19NO/c1-3-14-8-9-15(10-16(14)17)18-11-13-6-4-12(2)5-7-13/h4-10H,3,11,17H2,1-2H3. The van der Waals surface area contributed by atoms with Crippen molar-refractivity contribution < 1.29 is 4.74 Å². The molecule has 0 saturated carbocycles. The summed E-state index contributed by atoms with van der Waals surface area (Å²) in [7, 11) is 0. The molecule has 0 fully saturated rings. The highest BCUT2D eigenvalue weighted by Gasteiger charge is 2.00. The lowest BCUT2D eigenvalue weighted by Crippen LogP contribution is -1.98. The van der Waals surface area contributed by atoms with E-state index >= 15 is 0 Å². The largest absolute Gasteiger partial charge is 0.489 e. The summed E-state index contributed by atoms with van der Waals surface area (Å²) in [6.45, 7) is 4.75. The lowest BCUT2D eigenvalue weighted by Gasteiger charge is -2.09. The van der Waals surface area contributed by atoms with Crippen LogP contribution in [0.3, 0.4) is 0 Å². The molecule has 0 bridgehead atoms. The van der Waals surface area contributed by atoms with Gasteiger partial charge in [0, 0.05) is 11.8 Å². The average molecular weight is 241 g/mol. The van der Waals surface area contributed by atoms with Gasteiger partial charge in [-0.2, -0.15) is 0 Å². The molecule has 2 heteroatoms. The van der Waals surface area contributed by atoms with Crippen molar-refractivity contribution in [1.82, 2.24) is 0 Å². The van der Waals surface area contributed by atoms with E-state index in [0.717, 1.165) is 23.4 Å². The van der Waals surface area contributed by atoms with Crippen LogP contribution in [0.5, 0.6) is 5.75 Å². The topological polar surface area (TPSA) is 35.2 Å². The zero-order chi connectivity index (χ0) is 13.0. The molecule has 94 valence electrons. The molecule has 2 nitrogen and oxygen atoms in total. The molecular formula is C16H19NO. The third-order valence-corrected chi connectivity index (χ3v) is 3.02. The third-order valence-electron chi connectivity index (χ3n) is 3.02. The van der Waals surface area contributed by atoms with Crippen molar-refractivity contribution in [1.29, 1.82) is 0 Å². The Morgan fingerprint density at radius 3 is 2.39 bits per heavy atom. The van der Waals surface area contributed by atoms with Crippen LogP contribution in [0, 0.1) is 6.92 Å². The molecule has 0 aromatic heterocycles. The van der Waals surface area contributed by atoms with Gasteiger partial charge in [0.2, 0.25) is 0 Å². The van der Waals surface area contributed by atoms with Gasteiger partial charge in [-0.15, -0.1) is 0 Å². The molecule has 0 unspecified atom stereocenters. The Morgan fingerprint density at radius 2 is 1.78 bits per heavy atom. The molecule has 0 spiro atoms. The quantitative estimate of drug-likeness (QED) is 0.828. The van der Waals surface area contributed by atoms with Gasteiger partial charge in [-0.25, -0.2) is 0 Å². The van der Waals surface area contributed by atoms with E-state index in [1.807, 2.05) is 18.2 Å². The van der Waals surface area contributed by atoms with E-state index in [4.69, 9.17) is 10.5 Å². The normalized spacial score (nSPS) is 10.3. The summed E-state index contributed by atoms with van der Waals surface area (Å²) in [5.74, 6) is 0.824. The molecule has 2 aromatic rings. The fourth-order valence-corrected chi connectivity index (χ4v) is 1.84. The summed E-state index contributed by atoms with van der Waals surface area (Å²) in [4.78, 5) is 0. The number of benzene rings is 2. The van der Waals surface area contributed by atoms with Crippen LogP contribution in [0.1, 0.15) is 23.6 Å². The maximum absolute atomic E-state index is 5.94. The first kappa shape index (κ1) is 12.5. The van der Waals surface area contributed by atoms with Crippen LogP contribution in [-0.2, 0) is 13.0 Å². The summed E-state index contributed by atoms with van der Waals surface area (Å²) < 4.78 is 5.73. The number of hydrogen-bond donors (Lipinski definition) is 1. The number of hydrogen-bond acceptors (Lipinski definition) is 2. The van der Waals surface area contributed by atoms with Crippen LogP contribution in [0.4, 0.5) is 5.69 Å². The number of nitrogen functional groups attached to an aromatic ring is 1. The Hall–Kier alpha value is -1.96. The fraction of sp³-hybridized carbons (Fsp3) is 0.250. The lowest BCUT2D eigenvalue weighted by molar-refractivity contribution is 0.306. The minimum absolute atomic E-state index is 0.575. The van der Waals surface area contributed by atoms with Crippen molar-refractivity contribution >= 4 is 5.69 Å². The number of nitrogens with two attached hydrogens (primary N) is 1. The first-order valence-corrected chi connectivity index (χ1v) is 6.26. The SMILES string of the molecule is CCc1ccc(OCc2ccc(C)cc2)cc1N. The molecule has 18 heavy (non-hydrogen) atoms. The highest BCUT2D eigenvalue weighted by atomic mass is 16.5. The minimum atomic E-state index is 0.575. The second-order valence-electron chi connectivity index (χ2n) is 4.49. The Bertz CT molecular complexity index is 517. The summed E-state index contributed by atoms with van der Waals surface area (Å²) in [5, 5.41) is 0.